The van der Waals surface area contributed by atoms with Crippen molar-refractivity contribution in [1.82, 2.24) is 24.1 Å². The molecule has 8 heteroatoms. The molecule has 0 spiro atoms. The molecule has 4 aromatic rings. The van der Waals surface area contributed by atoms with Crippen molar-refractivity contribution in [2.75, 3.05) is 18.8 Å². The van der Waals surface area contributed by atoms with Gasteiger partial charge in [0.05, 0.1) is 22.3 Å². The zero-order valence-electron chi connectivity index (χ0n) is 19.3. The number of nitrogens with zero attached hydrogens (tertiary/aromatic N) is 5. The monoisotopic (exact) mass is 461 g/mol. The summed E-state index contributed by atoms with van der Waals surface area (Å²) in [5, 5.41) is 9.89. The van der Waals surface area contributed by atoms with Gasteiger partial charge in [-0.25, -0.2) is 4.57 Å². The second kappa shape index (κ2) is 9.23. The summed E-state index contributed by atoms with van der Waals surface area (Å²) in [7, 11) is 0. The lowest BCUT2D eigenvalue weighted by Crippen LogP contribution is -2.33. The van der Waals surface area contributed by atoms with Gasteiger partial charge in [-0.2, -0.15) is 0 Å². The van der Waals surface area contributed by atoms with Crippen LogP contribution in [-0.2, 0) is 4.79 Å². The standard InChI is InChI=1S/C25H27N5O2S/c1-6-28(14-16(2)3)22(31)15-33-25-27-26-24-29(20-13-9-10-17(4)18(20)5)23(32)19-11-7-8-12-21(19)30(24)25/h7-13H,2,6,14-15H2,1,3-5H3. The number of benzene rings is 2. The number of thioether (sulfide) groups is 1. The smallest absolute Gasteiger partial charge is 0.267 e. The Balaban J connectivity index is 1.85. The van der Waals surface area contributed by atoms with Crippen LogP contribution < -0.4 is 5.56 Å². The van der Waals surface area contributed by atoms with Crippen LogP contribution in [0.4, 0.5) is 0 Å². The molecular weight excluding hydrogens is 434 g/mol. The van der Waals surface area contributed by atoms with Crippen molar-refractivity contribution in [3.05, 3.63) is 76.1 Å². The number of hydrogen-bond donors (Lipinski definition) is 0. The largest absolute Gasteiger partial charge is 0.338 e. The van der Waals surface area contributed by atoms with E-state index in [1.807, 2.05) is 74.6 Å². The molecule has 0 fully saturated rings. The molecule has 0 aliphatic rings. The average molecular weight is 462 g/mol. The number of aromatic nitrogens is 4. The number of amides is 1. The lowest BCUT2D eigenvalue weighted by atomic mass is 10.1. The van der Waals surface area contributed by atoms with Crippen LogP contribution in [0.2, 0.25) is 0 Å². The normalized spacial score (nSPS) is 11.3. The second-order valence-corrected chi connectivity index (χ2v) is 9.09. The third kappa shape index (κ3) is 4.18. The minimum absolute atomic E-state index is 0.00871. The Labute approximate surface area is 196 Å². The average Bonchev–Trinajstić information content (AvgIpc) is 3.22. The maximum Gasteiger partial charge on any atom is 0.267 e. The van der Waals surface area contributed by atoms with Crippen molar-refractivity contribution < 1.29 is 4.79 Å². The topological polar surface area (TPSA) is 72.5 Å². The van der Waals surface area contributed by atoms with Crippen LogP contribution in [0, 0.1) is 13.8 Å². The predicted molar refractivity (Wildman–Crippen MR) is 133 cm³/mol. The van der Waals surface area contributed by atoms with Gasteiger partial charge in [-0.3, -0.25) is 14.0 Å². The predicted octanol–water partition coefficient (Wildman–Crippen LogP) is 4.17. The van der Waals surface area contributed by atoms with Gasteiger partial charge < -0.3 is 4.90 Å². The van der Waals surface area contributed by atoms with Crippen LogP contribution in [0.25, 0.3) is 22.4 Å². The van der Waals surface area contributed by atoms with E-state index < -0.39 is 0 Å². The minimum Gasteiger partial charge on any atom is -0.338 e. The van der Waals surface area contributed by atoms with Crippen LogP contribution in [0.5, 0.6) is 0 Å². The number of hydrogen-bond acceptors (Lipinski definition) is 5. The lowest BCUT2D eigenvalue weighted by Gasteiger charge is -2.20. The molecule has 4 rings (SSSR count). The Morgan fingerprint density at radius 2 is 1.88 bits per heavy atom. The SMILES string of the molecule is C=C(C)CN(CC)C(=O)CSc1nnc2n(-c3cccc(C)c3C)c(=O)c3ccccc3n12. The molecule has 0 bridgehead atoms. The van der Waals surface area contributed by atoms with Gasteiger partial charge in [-0.1, -0.05) is 48.2 Å². The first-order chi connectivity index (χ1) is 15.8. The number of para-hydroxylation sites is 1. The maximum absolute atomic E-state index is 13.5. The van der Waals surface area contributed by atoms with Gasteiger partial charge in [-0.05, 0) is 57.0 Å². The van der Waals surface area contributed by atoms with Gasteiger partial charge in [0.1, 0.15) is 0 Å². The molecule has 2 aromatic heterocycles. The van der Waals surface area contributed by atoms with Crippen molar-refractivity contribution in [3.63, 3.8) is 0 Å². The van der Waals surface area contributed by atoms with Crippen LogP contribution in [-0.4, -0.2) is 48.8 Å². The molecule has 7 nitrogen and oxygen atoms in total. The lowest BCUT2D eigenvalue weighted by molar-refractivity contribution is -0.127. The fourth-order valence-electron chi connectivity index (χ4n) is 3.89. The van der Waals surface area contributed by atoms with E-state index in [2.05, 4.69) is 16.8 Å². The summed E-state index contributed by atoms with van der Waals surface area (Å²) in [5.74, 6) is 0.657. The first kappa shape index (κ1) is 22.8. The molecule has 170 valence electrons. The van der Waals surface area contributed by atoms with Crippen LogP contribution in [0.1, 0.15) is 25.0 Å². The number of rotatable bonds is 7. The van der Waals surface area contributed by atoms with Gasteiger partial charge in [0, 0.05) is 13.1 Å². The van der Waals surface area contributed by atoms with Gasteiger partial charge in [0.15, 0.2) is 5.16 Å². The number of likely N-dealkylation sites (N-methyl/N-ethyl adjacent to an activating group) is 1. The molecule has 0 unspecified atom stereocenters. The molecule has 33 heavy (non-hydrogen) atoms. The number of fused-ring (bicyclic) bond motifs is 3. The van der Waals surface area contributed by atoms with Crippen molar-refractivity contribution in [2.24, 2.45) is 0 Å². The highest BCUT2D eigenvalue weighted by molar-refractivity contribution is 7.99. The molecule has 2 heterocycles. The van der Waals surface area contributed by atoms with E-state index >= 15 is 0 Å². The van der Waals surface area contributed by atoms with E-state index in [0.29, 0.717) is 34.9 Å². The first-order valence-corrected chi connectivity index (χ1v) is 11.8. The number of aryl methyl sites for hydroxylation is 1. The van der Waals surface area contributed by atoms with Gasteiger partial charge in [0.2, 0.25) is 11.7 Å². The summed E-state index contributed by atoms with van der Waals surface area (Å²) in [6, 6.07) is 13.3. The van der Waals surface area contributed by atoms with Crippen molar-refractivity contribution >= 4 is 34.3 Å². The number of carbonyl (C=O) groups excluding carboxylic acids is 1. The second-order valence-electron chi connectivity index (χ2n) is 8.15. The fraction of sp³-hybridized carbons (Fsp3) is 0.280. The minimum atomic E-state index is -0.148. The van der Waals surface area contributed by atoms with Crippen LogP contribution >= 0.6 is 11.8 Å². The van der Waals surface area contributed by atoms with E-state index in [9.17, 15) is 9.59 Å². The molecule has 0 aliphatic heterocycles. The van der Waals surface area contributed by atoms with E-state index in [1.165, 1.54) is 11.8 Å². The Morgan fingerprint density at radius 1 is 1.12 bits per heavy atom. The zero-order valence-corrected chi connectivity index (χ0v) is 20.1. The molecule has 0 saturated heterocycles. The fourth-order valence-corrected chi connectivity index (χ4v) is 4.73. The molecule has 0 saturated carbocycles. The van der Waals surface area contributed by atoms with Crippen LogP contribution in [0.3, 0.4) is 0 Å². The summed E-state index contributed by atoms with van der Waals surface area (Å²) in [6.45, 7) is 12.9. The highest BCUT2D eigenvalue weighted by Gasteiger charge is 2.20. The van der Waals surface area contributed by atoms with E-state index in [1.54, 1.807) is 9.47 Å². The van der Waals surface area contributed by atoms with Gasteiger partial charge in [-0.15, -0.1) is 10.2 Å². The molecular formula is C25H27N5O2S. The summed E-state index contributed by atoms with van der Waals surface area (Å²) >= 11 is 1.32. The molecule has 0 aliphatic carbocycles. The quantitative estimate of drug-likeness (QED) is 0.305. The molecule has 2 aromatic carbocycles. The zero-order chi connectivity index (χ0) is 23.7. The maximum atomic E-state index is 13.5. The van der Waals surface area contributed by atoms with Crippen molar-refractivity contribution in [2.45, 2.75) is 32.9 Å². The molecule has 0 N–H and O–H groups in total. The summed E-state index contributed by atoms with van der Waals surface area (Å²) < 4.78 is 3.48. The van der Waals surface area contributed by atoms with E-state index in [0.717, 1.165) is 22.4 Å². The summed E-state index contributed by atoms with van der Waals surface area (Å²) in [5.41, 5.74) is 4.37. The highest BCUT2D eigenvalue weighted by Crippen LogP contribution is 2.25. The van der Waals surface area contributed by atoms with Crippen molar-refractivity contribution in [1.29, 1.82) is 0 Å². The first-order valence-electron chi connectivity index (χ1n) is 10.8. The Bertz CT molecular complexity index is 1440. The Kier molecular flexibility index (Phi) is 6.37. The van der Waals surface area contributed by atoms with Gasteiger partial charge >= 0.3 is 0 Å². The third-order valence-corrected chi connectivity index (χ3v) is 6.65. The third-order valence-electron chi connectivity index (χ3n) is 5.73. The Hall–Kier alpha value is -3.39. The van der Waals surface area contributed by atoms with Gasteiger partial charge in [0.25, 0.3) is 5.56 Å². The molecule has 0 atom stereocenters. The van der Waals surface area contributed by atoms with Crippen LogP contribution in [0.15, 0.2) is 64.6 Å². The summed E-state index contributed by atoms with van der Waals surface area (Å²) in [6.07, 6.45) is 0. The highest BCUT2D eigenvalue weighted by atomic mass is 32.2. The van der Waals surface area contributed by atoms with Crippen molar-refractivity contribution in [3.8, 4) is 5.69 Å². The van der Waals surface area contributed by atoms with E-state index in [-0.39, 0.29) is 17.2 Å². The number of carbonyl (C=O) groups is 1. The van der Waals surface area contributed by atoms with E-state index in [4.69, 9.17) is 0 Å². The Morgan fingerprint density at radius 3 is 2.61 bits per heavy atom. The molecule has 1 amide bonds. The summed E-state index contributed by atoms with van der Waals surface area (Å²) in [4.78, 5) is 28.1. The molecule has 0 radical (unpaired) electrons.